The quantitative estimate of drug-likeness (QED) is 0.751. The molecule has 0 spiro atoms. The first kappa shape index (κ1) is 10.6. The summed E-state index contributed by atoms with van der Waals surface area (Å²) in [6.07, 6.45) is 5.36. The number of terminal acetylenes is 1. The Morgan fingerprint density at radius 1 is 1.62 bits per heavy atom. The summed E-state index contributed by atoms with van der Waals surface area (Å²) in [6.45, 7) is 1.76. The van der Waals surface area contributed by atoms with E-state index >= 15 is 0 Å². The van der Waals surface area contributed by atoms with Crippen molar-refractivity contribution in [2.45, 2.75) is 25.5 Å². The summed E-state index contributed by atoms with van der Waals surface area (Å²) < 4.78 is 5.53. The first-order valence-electron chi connectivity index (χ1n) is 5.22. The number of carbonyl (C=O) groups is 1. The molecule has 2 rings (SSSR count). The largest absolute Gasteiger partial charge is 0.480 e. The van der Waals surface area contributed by atoms with Gasteiger partial charge in [-0.15, -0.1) is 6.42 Å². The van der Waals surface area contributed by atoms with Crippen LogP contribution >= 0.6 is 0 Å². The molecular formula is C13H13NO2. The maximum atomic E-state index is 11.8. The van der Waals surface area contributed by atoms with Crippen LogP contribution in [0.5, 0.6) is 5.75 Å². The zero-order valence-corrected chi connectivity index (χ0v) is 9.07. The number of hydrogen-bond acceptors (Lipinski definition) is 2. The van der Waals surface area contributed by atoms with Gasteiger partial charge in [-0.05, 0) is 18.6 Å². The summed E-state index contributed by atoms with van der Waals surface area (Å²) in [5.41, 5.74) is 1.07. The Labute approximate surface area is 94.8 Å². The predicted molar refractivity (Wildman–Crippen MR) is 61.0 cm³/mol. The molecule has 2 unspecified atom stereocenters. The van der Waals surface area contributed by atoms with Crippen molar-refractivity contribution in [2.75, 3.05) is 0 Å². The minimum atomic E-state index is -0.451. The highest BCUT2D eigenvalue weighted by molar-refractivity contribution is 5.83. The summed E-state index contributed by atoms with van der Waals surface area (Å²) in [6, 6.07) is 7.40. The number of carbonyl (C=O) groups excluding carboxylic acids is 1. The van der Waals surface area contributed by atoms with Crippen LogP contribution in [0.3, 0.4) is 0 Å². The summed E-state index contributed by atoms with van der Waals surface area (Å²) in [4.78, 5) is 11.8. The van der Waals surface area contributed by atoms with Crippen LogP contribution in [-0.4, -0.2) is 18.1 Å². The van der Waals surface area contributed by atoms with Crippen LogP contribution < -0.4 is 10.1 Å². The van der Waals surface area contributed by atoms with E-state index in [1.807, 2.05) is 24.3 Å². The molecule has 1 aliphatic rings. The fourth-order valence-electron chi connectivity index (χ4n) is 1.68. The maximum absolute atomic E-state index is 11.8. The van der Waals surface area contributed by atoms with E-state index in [1.165, 1.54) is 0 Å². The lowest BCUT2D eigenvalue weighted by Crippen LogP contribution is -2.41. The van der Waals surface area contributed by atoms with Crippen molar-refractivity contribution in [3.8, 4) is 18.1 Å². The fourth-order valence-corrected chi connectivity index (χ4v) is 1.68. The second-order valence-electron chi connectivity index (χ2n) is 3.82. The molecule has 3 nitrogen and oxygen atoms in total. The molecule has 0 aromatic heterocycles. The van der Waals surface area contributed by atoms with E-state index in [2.05, 4.69) is 11.2 Å². The lowest BCUT2D eigenvalue weighted by Gasteiger charge is -2.12. The summed E-state index contributed by atoms with van der Waals surface area (Å²) in [5.74, 6) is 3.09. The van der Waals surface area contributed by atoms with Gasteiger partial charge in [0.05, 0.1) is 6.04 Å². The molecule has 1 aromatic carbocycles. The standard InChI is InChI=1S/C13H13NO2/c1-3-9(2)14-13(15)12-8-10-6-4-5-7-11(10)16-12/h1,4-7,9,12H,8H2,2H3,(H,14,15). The molecule has 1 amide bonds. The van der Waals surface area contributed by atoms with Crippen LogP contribution in [0.15, 0.2) is 24.3 Å². The molecule has 0 radical (unpaired) electrons. The van der Waals surface area contributed by atoms with Crippen molar-refractivity contribution >= 4 is 5.91 Å². The second-order valence-corrected chi connectivity index (χ2v) is 3.82. The molecule has 0 bridgehead atoms. The number of hydrogen-bond donors (Lipinski definition) is 1. The van der Waals surface area contributed by atoms with Crippen molar-refractivity contribution in [1.29, 1.82) is 0 Å². The molecule has 82 valence electrons. The molecule has 1 aromatic rings. The number of amides is 1. The summed E-state index contributed by atoms with van der Waals surface area (Å²) in [7, 11) is 0. The van der Waals surface area contributed by atoms with Crippen LogP contribution in [0.4, 0.5) is 0 Å². The van der Waals surface area contributed by atoms with Gasteiger partial charge < -0.3 is 10.1 Å². The molecule has 1 heterocycles. The molecule has 0 aliphatic carbocycles. The Morgan fingerprint density at radius 2 is 2.38 bits per heavy atom. The van der Waals surface area contributed by atoms with Gasteiger partial charge in [-0.25, -0.2) is 0 Å². The molecule has 1 N–H and O–H groups in total. The highest BCUT2D eigenvalue weighted by Crippen LogP contribution is 2.28. The molecular weight excluding hydrogens is 202 g/mol. The lowest BCUT2D eigenvalue weighted by atomic mass is 10.1. The second kappa shape index (κ2) is 4.28. The third kappa shape index (κ3) is 2.01. The monoisotopic (exact) mass is 215 g/mol. The summed E-state index contributed by atoms with van der Waals surface area (Å²) >= 11 is 0. The Morgan fingerprint density at radius 3 is 3.06 bits per heavy atom. The van der Waals surface area contributed by atoms with Gasteiger partial charge in [0.1, 0.15) is 5.75 Å². The fraction of sp³-hybridized carbons (Fsp3) is 0.308. The third-order valence-corrected chi connectivity index (χ3v) is 2.55. The normalized spacial score (nSPS) is 19.1. The Hall–Kier alpha value is -1.95. The van der Waals surface area contributed by atoms with E-state index < -0.39 is 6.10 Å². The van der Waals surface area contributed by atoms with E-state index in [0.717, 1.165) is 11.3 Å². The van der Waals surface area contributed by atoms with Crippen LogP contribution in [0, 0.1) is 12.3 Å². The highest BCUT2D eigenvalue weighted by Gasteiger charge is 2.28. The van der Waals surface area contributed by atoms with E-state index in [9.17, 15) is 4.79 Å². The average Bonchev–Trinajstić information content (AvgIpc) is 2.72. The van der Waals surface area contributed by atoms with Gasteiger partial charge in [0, 0.05) is 6.42 Å². The smallest absolute Gasteiger partial charge is 0.262 e. The number of ether oxygens (including phenoxy) is 1. The van der Waals surface area contributed by atoms with Crippen molar-refractivity contribution in [2.24, 2.45) is 0 Å². The third-order valence-electron chi connectivity index (χ3n) is 2.55. The van der Waals surface area contributed by atoms with E-state index in [4.69, 9.17) is 11.2 Å². The Kier molecular flexibility index (Phi) is 2.82. The van der Waals surface area contributed by atoms with Crippen LogP contribution in [-0.2, 0) is 11.2 Å². The molecule has 0 saturated heterocycles. The predicted octanol–water partition coefficient (Wildman–Crippen LogP) is 1.13. The van der Waals surface area contributed by atoms with Gasteiger partial charge in [-0.1, -0.05) is 24.1 Å². The molecule has 0 fully saturated rings. The van der Waals surface area contributed by atoms with Crippen LogP contribution in [0.2, 0.25) is 0 Å². The van der Waals surface area contributed by atoms with Crippen molar-refractivity contribution in [3.05, 3.63) is 29.8 Å². The molecule has 16 heavy (non-hydrogen) atoms. The number of para-hydroxylation sites is 1. The van der Waals surface area contributed by atoms with Gasteiger partial charge in [0.2, 0.25) is 0 Å². The lowest BCUT2D eigenvalue weighted by molar-refractivity contribution is -0.127. The minimum absolute atomic E-state index is 0.151. The molecule has 3 heteroatoms. The van der Waals surface area contributed by atoms with Gasteiger partial charge in [0.15, 0.2) is 6.10 Å². The van der Waals surface area contributed by atoms with Crippen LogP contribution in [0.1, 0.15) is 12.5 Å². The van der Waals surface area contributed by atoms with Gasteiger partial charge >= 0.3 is 0 Å². The van der Waals surface area contributed by atoms with Crippen molar-refractivity contribution in [1.82, 2.24) is 5.32 Å². The summed E-state index contributed by atoms with van der Waals surface area (Å²) in [5, 5.41) is 2.71. The number of benzene rings is 1. The average molecular weight is 215 g/mol. The number of fused-ring (bicyclic) bond motifs is 1. The molecule has 0 saturated carbocycles. The number of rotatable bonds is 2. The Bertz CT molecular complexity index is 422. The Balaban J connectivity index is 2.01. The first-order chi connectivity index (χ1) is 7.70. The zero-order chi connectivity index (χ0) is 11.5. The zero-order valence-electron chi connectivity index (χ0n) is 9.07. The molecule has 1 aliphatic heterocycles. The first-order valence-corrected chi connectivity index (χ1v) is 5.22. The van der Waals surface area contributed by atoms with E-state index in [-0.39, 0.29) is 11.9 Å². The van der Waals surface area contributed by atoms with Gasteiger partial charge in [0.25, 0.3) is 5.91 Å². The topological polar surface area (TPSA) is 38.3 Å². The van der Waals surface area contributed by atoms with Gasteiger partial charge in [-0.3, -0.25) is 4.79 Å². The SMILES string of the molecule is C#CC(C)NC(=O)C1Cc2ccccc2O1. The van der Waals surface area contributed by atoms with E-state index in [1.54, 1.807) is 6.92 Å². The minimum Gasteiger partial charge on any atom is -0.480 e. The van der Waals surface area contributed by atoms with Crippen molar-refractivity contribution in [3.63, 3.8) is 0 Å². The number of nitrogens with one attached hydrogen (secondary N) is 1. The molecule has 2 atom stereocenters. The van der Waals surface area contributed by atoms with Crippen LogP contribution in [0.25, 0.3) is 0 Å². The highest BCUT2D eigenvalue weighted by atomic mass is 16.5. The van der Waals surface area contributed by atoms with E-state index in [0.29, 0.717) is 6.42 Å². The van der Waals surface area contributed by atoms with Gasteiger partial charge in [-0.2, -0.15) is 0 Å². The maximum Gasteiger partial charge on any atom is 0.262 e. The van der Waals surface area contributed by atoms with Crippen molar-refractivity contribution < 1.29 is 9.53 Å².